The Hall–Kier alpha value is -2.87. The number of ketones is 1. The van der Waals surface area contributed by atoms with E-state index in [1.807, 2.05) is 19.9 Å². The predicted octanol–water partition coefficient (Wildman–Crippen LogP) is 3.88. The lowest BCUT2D eigenvalue weighted by atomic mass is 9.95. The molecule has 1 amide bonds. The zero-order valence-corrected chi connectivity index (χ0v) is 20.1. The molecule has 2 aromatic carbocycles. The fraction of sp³-hybridized carbons (Fsp3) is 0.385. The fourth-order valence-corrected chi connectivity index (χ4v) is 4.53. The van der Waals surface area contributed by atoms with Crippen LogP contribution in [0.2, 0.25) is 5.02 Å². The van der Waals surface area contributed by atoms with Crippen LogP contribution in [0.25, 0.3) is 5.76 Å². The molecule has 0 aliphatic carbocycles. The maximum Gasteiger partial charge on any atom is 0.295 e. The van der Waals surface area contributed by atoms with Gasteiger partial charge in [0.2, 0.25) is 0 Å². The second-order valence-electron chi connectivity index (χ2n) is 8.69. The number of likely N-dealkylation sites (tertiary alicyclic amines) is 1. The average Bonchev–Trinajstić information content (AvgIpc) is 3.08. The first-order valence-electron chi connectivity index (χ1n) is 11.5. The van der Waals surface area contributed by atoms with Crippen molar-refractivity contribution in [2.45, 2.75) is 26.0 Å². The van der Waals surface area contributed by atoms with Gasteiger partial charge in [0.05, 0.1) is 30.9 Å². The van der Waals surface area contributed by atoms with Gasteiger partial charge >= 0.3 is 0 Å². The van der Waals surface area contributed by atoms with Gasteiger partial charge in [-0.2, -0.15) is 0 Å². The van der Waals surface area contributed by atoms with Crippen LogP contribution in [0.5, 0.6) is 5.75 Å². The number of carbonyl (C=O) groups excluding carboxylic acids is 2. The smallest absolute Gasteiger partial charge is 0.295 e. The lowest BCUT2D eigenvalue weighted by Gasteiger charge is -2.31. The van der Waals surface area contributed by atoms with Crippen LogP contribution in [0.3, 0.4) is 0 Å². The van der Waals surface area contributed by atoms with Gasteiger partial charge in [0.15, 0.2) is 0 Å². The van der Waals surface area contributed by atoms with E-state index in [-0.39, 0.29) is 17.4 Å². The van der Waals surface area contributed by atoms with Gasteiger partial charge in [-0.3, -0.25) is 14.5 Å². The Morgan fingerprint density at radius 3 is 2.47 bits per heavy atom. The van der Waals surface area contributed by atoms with Gasteiger partial charge in [-0.1, -0.05) is 23.7 Å². The van der Waals surface area contributed by atoms with E-state index in [9.17, 15) is 14.7 Å². The molecule has 0 spiro atoms. The van der Waals surface area contributed by atoms with Crippen LogP contribution in [0.15, 0.2) is 54.1 Å². The van der Waals surface area contributed by atoms with E-state index in [0.29, 0.717) is 48.2 Å². The quantitative estimate of drug-likeness (QED) is 0.365. The summed E-state index contributed by atoms with van der Waals surface area (Å²) in [4.78, 5) is 30.0. The van der Waals surface area contributed by atoms with Crippen LogP contribution in [-0.4, -0.2) is 72.1 Å². The molecule has 2 aliphatic rings. The Bertz CT molecular complexity index is 1080. The molecule has 2 heterocycles. The number of hydrogen-bond donors (Lipinski definition) is 1. The first-order valence-corrected chi connectivity index (χ1v) is 11.8. The predicted molar refractivity (Wildman–Crippen MR) is 130 cm³/mol. The third-order valence-corrected chi connectivity index (χ3v) is 6.20. The van der Waals surface area contributed by atoms with Gasteiger partial charge in [-0.15, -0.1) is 0 Å². The summed E-state index contributed by atoms with van der Waals surface area (Å²) in [6, 6.07) is 13.2. The highest BCUT2D eigenvalue weighted by molar-refractivity contribution is 6.46. The highest BCUT2D eigenvalue weighted by atomic mass is 35.5. The molecule has 1 atom stereocenters. The number of aliphatic hydroxyl groups is 1. The van der Waals surface area contributed by atoms with Crippen molar-refractivity contribution in [2.75, 3.05) is 39.4 Å². The lowest BCUT2D eigenvalue weighted by Crippen LogP contribution is -2.42. The Balaban J connectivity index is 1.70. The highest BCUT2D eigenvalue weighted by Gasteiger charge is 2.46. The number of Topliss-reactive ketones (excluding diaryl/α,β-unsaturated/α-hetero) is 1. The molecule has 7 nitrogen and oxygen atoms in total. The molecular weight excluding hydrogens is 456 g/mol. The van der Waals surface area contributed by atoms with Crippen molar-refractivity contribution < 1.29 is 24.2 Å². The molecule has 0 radical (unpaired) electrons. The van der Waals surface area contributed by atoms with Gasteiger partial charge in [-0.25, -0.2) is 0 Å². The van der Waals surface area contributed by atoms with Crippen LogP contribution >= 0.6 is 11.6 Å². The van der Waals surface area contributed by atoms with E-state index >= 15 is 0 Å². The molecule has 8 heteroatoms. The van der Waals surface area contributed by atoms with Crippen LogP contribution in [0.4, 0.5) is 0 Å². The van der Waals surface area contributed by atoms with E-state index < -0.39 is 17.7 Å². The van der Waals surface area contributed by atoms with Gasteiger partial charge in [-0.05, 0) is 55.8 Å². The summed E-state index contributed by atoms with van der Waals surface area (Å²) < 4.78 is 11.1. The number of halogens is 1. The number of hydrogen-bond acceptors (Lipinski definition) is 6. The minimum absolute atomic E-state index is 0.0130. The number of morpholine rings is 1. The Kier molecular flexibility index (Phi) is 7.56. The fourth-order valence-electron chi connectivity index (χ4n) is 4.33. The van der Waals surface area contributed by atoms with Crippen molar-refractivity contribution in [1.29, 1.82) is 0 Å². The van der Waals surface area contributed by atoms with Crippen molar-refractivity contribution in [3.8, 4) is 5.75 Å². The SMILES string of the molecule is CC(C)Oc1ccc(/C(O)=C2\C(=O)C(=O)N(CCN3CCOCC3)[C@H]2c2cccc(Cl)c2)cc1. The summed E-state index contributed by atoms with van der Waals surface area (Å²) in [5.41, 5.74) is 1.18. The van der Waals surface area contributed by atoms with Crippen molar-refractivity contribution in [1.82, 2.24) is 9.80 Å². The molecule has 0 aromatic heterocycles. The van der Waals surface area contributed by atoms with Crippen molar-refractivity contribution >= 4 is 29.1 Å². The molecule has 2 fully saturated rings. The standard InChI is InChI=1S/C26H29ClN2O5/c1-17(2)34-21-8-6-18(7-9-21)24(30)22-23(19-4-3-5-20(27)16-19)29(26(32)25(22)31)11-10-28-12-14-33-15-13-28/h3-9,16-17,23,30H,10-15H2,1-2H3/b24-22+/t23-/m0/s1. The minimum Gasteiger partial charge on any atom is -0.507 e. The van der Waals surface area contributed by atoms with Crippen LogP contribution in [0.1, 0.15) is 31.0 Å². The average molecular weight is 485 g/mol. The highest BCUT2D eigenvalue weighted by Crippen LogP contribution is 2.40. The molecule has 4 rings (SSSR count). The zero-order chi connectivity index (χ0) is 24.2. The van der Waals surface area contributed by atoms with E-state index in [1.165, 1.54) is 4.90 Å². The van der Waals surface area contributed by atoms with E-state index in [1.54, 1.807) is 42.5 Å². The first-order chi connectivity index (χ1) is 16.3. The topological polar surface area (TPSA) is 79.3 Å². The van der Waals surface area contributed by atoms with E-state index in [0.717, 1.165) is 13.1 Å². The van der Waals surface area contributed by atoms with Crippen LogP contribution in [0, 0.1) is 0 Å². The van der Waals surface area contributed by atoms with Gasteiger partial charge in [0, 0.05) is 36.8 Å². The normalized spacial score (nSPS) is 20.8. The van der Waals surface area contributed by atoms with E-state index in [4.69, 9.17) is 21.1 Å². The molecule has 0 saturated carbocycles. The number of benzene rings is 2. The van der Waals surface area contributed by atoms with Crippen LogP contribution < -0.4 is 4.74 Å². The molecule has 34 heavy (non-hydrogen) atoms. The summed E-state index contributed by atoms with van der Waals surface area (Å²) in [7, 11) is 0. The summed E-state index contributed by atoms with van der Waals surface area (Å²) in [5, 5.41) is 11.7. The third-order valence-electron chi connectivity index (χ3n) is 5.96. The van der Waals surface area contributed by atoms with Gasteiger partial charge < -0.3 is 19.5 Å². The van der Waals surface area contributed by atoms with Crippen molar-refractivity contribution in [3.63, 3.8) is 0 Å². The molecule has 0 unspecified atom stereocenters. The molecule has 180 valence electrons. The zero-order valence-electron chi connectivity index (χ0n) is 19.4. The molecule has 2 aromatic rings. The number of carbonyl (C=O) groups is 2. The number of amides is 1. The summed E-state index contributed by atoms with van der Waals surface area (Å²) >= 11 is 6.24. The largest absolute Gasteiger partial charge is 0.507 e. The molecule has 1 N–H and O–H groups in total. The Morgan fingerprint density at radius 1 is 1.12 bits per heavy atom. The first kappa shape index (κ1) is 24.3. The third kappa shape index (κ3) is 5.27. The molecule has 2 aliphatic heterocycles. The van der Waals surface area contributed by atoms with Crippen molar-refractivity contribution in [3.05, 3.63) is 70.3 Å². The maximum atomic E-state index is 13.2. The van der Waals surface area contributed by atoms with Gasteiger partial charge in [0.1, 0.15) is 11.5 Å². The number of aliphatic hydroxyl groups excluding tert-OH is 1. The lowest BCUT2D eigenvalue weighted by molar-refractivity contribution is -0.140. The summed E-state index contributed by atoms with van der Waals surface area (Å²) in [6.07, 6.45) is 0.0130. The summed E-state index contributed by atoms with van der Waals surface area (Å²) in [5.74, 6) is -0.885. The number of ether oxygens (including phenoxy) is 2. The Labute approximate surface area is 204 Å². The van der Waals surface area contributed by atoms with Crippen molar-refractivity contribution in [2.24, 2.45) is 0 Å². The molecular formula is C26H29ClN2O5. The maximum absolute atomic E-state index is 13.2. The summed E-state index contributed by atoms with van der Waals surface area (Å²) in [6.45, 7) is 7.65. The Morgan fingerprint density at radius 2 is 1.82 bits per heavy atom. The second-order valence-corrected chi connectivity index (χ2v) is 9.13. The van der Waals surface area contributed by atoms with E-state index in [2.05, 4.69) is 4.90 Å². The molecule has 2 saturated heterocycles. The molecule has 0 bridgehead atoms. The number of rotatable bonds is 7. The van der Waals surface area contributed by atoms with Crippen LogP contribution in [-0.2, 0) is 14.3 Å². The van der Waals surface area contributed by atoms with Gasteiger partial charge in [0.25, 0.3) is 11.7 Å². The minimum atomic E-state index is -0.730. The monoisotopic (exact) mass is 484 g/mol. The number of nitrogens with zero attached hydrogens (tertiary/aromatic N) is 2. The second kappa shape index (κ2) is 10.6.